The van der Waals surface area contributed by atoms with Gasteiger partial charge in [-0.25, -0.2) is 0 Å². The van der Waals surface area contributed by atoms with Crippen LogP contribution in [0.15, 0.2) is 24.3 Å². The van der Waals surface area contributed by atoms with Crippen molar-refractivity contribution < 1.29 is 28.6 Å². The van der Waals surface area contributed by atoms with E-state index in [0.717, 1.165) is 64.2 Å². The van der Waals surface area contributed by atoms with Gasteiger partial charge in [0.1, 0.15) is 13.2 Å². The topological polar surface area (TPSA) is 78.9 Å². The van der Waals surface area contributed by atoms with E-state index in [1.807, 2.05) is 0 Å². The van der Waals surface area contributed by atoms with Gasteiger partial charge in [0, 0.05) is 19.3 Å². The van der Waals surface area contributed by atoms with Gasteiger partial charge in [0.2, 0.25) is 0 Å². The Morgan fingerprint density at radius 1 is 0.278 bits per heavy atom. The minimum Gasteiger partial charge on any atom is -0.462 e. The van der Waals surface area contributed by atoms with Crippen molar-refractivity contribution in [2.24, 2.45) is 0 Å². The Morgan fingerprint density at radius 3 is 0.764 bits per heavy atom. The fourth-order valence-corrected chi connectivity index (χ4v) is 9.83. The van der Waals surface area contributed by atoms with Crippen LogP contribution in [0, 0.1) is 0 Å². The van der Waals surface area contributed by atoms with Crippen molar-refractivity contribution >= 4 is 17.9 Å². The van der Waals surface area contributed by atoms with E-state index in [9.17, 15) is 14.4 Å². The first-order chi connectivity index (χ1) is 35.5. The van der Waals surface area contributed by atoms with E-state index >= 15 is 0 Å². The first-order valence-corrected chi connectivity index (χ1v) is 32.3. The monoisotopic (exact) mass is 1010 g/mol. The van der Waals surface area contributed by atoms with Gasteiger partial charge in [-0.05, 0) is 51.4 Å². The summed E-state index contributed by atoms with van der Waals surface area (Å²) in [5.41, 5.74) is 0. The second-order valence-corrected chi connectivity index (χ2v) is 22.0. The smallest absolute Gasteiger partial charge is 0.306 e. The summed E-state index contributed by atoms with van der Waals surface area (Å²) in [5, 5.41) is 0. The zero-order valence-corrected chi connectivity index (χ0v) is 48.7. The molecule has 0 spiro atoms. The lowest BCUT2D eigenvalue weighted by Crippen LogP contribution is -2.30. The average molecular weight is 1010 g/mol. The van der Waals surface area contributed by atoms with Crippen LogP contribution in [0.1, 0.15) is 361 Å². The van der Waals surface area contributed by atoms with Crippen LogP contribution in [0.3, 0.4) is 0 Å². The van der Waals surface area contributed by atoms with Crippen LogP contribution in [0.2, 0.25) is 0 Å². The van der Waals surface area contributed by atoms with E-state index in [2.05, 4.69) is 45.1 Å². The quantitative estimate of drug-likeness (QED) is 0.0261. The Bertz CT molecular complexity index is 1160. The number of carbonyl (C=O) groups is 3. The third-order valence-corrected chi connectivity index (χ3v) is 14.7. The van der Waals surface area contributed by atoms with Gasteiger partial charge in [0.25, 0.3) is 0 Å². The van der Waals surface area contributed by atoms with Crippen molar-refractivity contribution in [3.63, 3.8) is 0 Å². The molecule has 1 atom stereocenters. The maximum atomic E-state index is 12.9. The predicted molar refractivity (Wildman–Crippen MR) is 312 cm³/mol. The van der Waals surface area contributed by atoms with Gasteiger partial charge < -0.3 is 14.2 Å². The highest BCUT2D eigenvalue weighted by atomic mass is 16.6. The highest BCUT2D eigenvalue weighted by molar-refractivity contribution is 5.71. The molecule has 72 heavy (non-hydrogen) atoms. The third-order valence-electron chi connectivity index (χ3n) is 14.7. The van der Waals surface area contributed by atoms with Crippen molar-refractivity contribution in [1.29, 1.82) is 0 Å². The first-order valence-electron chi connectivity index (χ1n) is 32.3. The summed E-state index contributed by atoms with van der Waals surface area (Å²) in [7, 11) is 0. The minimum atomic E-state index is -0.766. The Balaban J connectivity index is 4.23. The molecule has 0 aromatic carbocycles. The zero-order chi connectivity index (χ0) is 52.2. The molecular weight excluding hydrogens is 889 g/mol. The molecule has 0 aliphatic heterocycles. The first kappa shape index (κ1) is 69.9. The Labute approximate surface area is 449 Å². The Kier molecular flexibility index (Phi) is 59.6. The van der Waals surface area contributed by atoms with Gasteiger partial charge in [-0.1, -0.05) is 315 Å². The van der Waals surface area contributed by atoms with Gasteiger partial charge >= 0.3 is 17.9 Å². The molecule has 0 aliphatic rings. The molecule has 1 unspecified atom stereocenters. The second-order valence-electron chi connectivity index (χ2n) is 22.0. The molecular formula is C66H124O6. The molecule has 424 valence electrons. The number of allylic oxidation sites excluding steroid dienone is 4. The summed E-state index contributed by atoms with van der Waals surface area (Å²) in [4.78, 5) is 38.3. The highest BCUT2D eigenvalue weighted by Gasteiger charge is 2.19. The van der Waals surface area contributed by atoms with E-state index in [4.69, 9.17) is 14.2 Å². The van der Waals surface area contributed by atoms with E-state index < -0.39 is 6.10 Å². The molecule has 0 aromatic rings. The largest absolute Gasteiger partial charge is 0.462 e. The van der Waals surface area contributed by atoms with Crippen molar-refractivity contribution in [1.82, 2.24) is 0 Å². The molecule has 0 fully saturated rings. The summed E-state index contributed by atoms with van der Waals surface area (Å²) >= 11 is 0. The number of rotatable bonds is 60. The molecule has 0 radical (unpaired) electrons. The lowest BCUT2D eigenvalue weighted by molar-refractivity contribution is -0.167. The van der Waals surface area contributed by atoms with Crippen LogP contribution in [0.4, 0.5) is 0 Å². The van der Waals surface area contributed by atoms with Gasteiger partial charge in [0.05, 0.1) is 0 Å². The molecule has 0 aliphatic carbocycles. The zero-order valence-electron chi connectivity index (χ0n) is 48.7. The Hall–Kier alpha value is -2.11. The Morgan fingerprint density at radius 2 is 0.500 bits per heavy atom. The van der Waals surface area contributed by atoms with Gasteiger partial charge in [-0.2, -0.15) is 0 Å². The van der Waals surface area contributed by atoms with E-state index in [-0.39, 0.29) is 31.1 Å². The number of ether oxygens (including phenoxy) is 3. The van der Waals surface area contributed by atoms with Crippen LogP contribution < -0.4 is 0 Å². The average Bonchev–Trinajstić information content (AvgIpc) is 3.38. The molecule has 0 rings (SSSR count). The number of hydrogen-bond donors (Lipinski definition) is 0. The molecule has 0 aromatic heterocycles. The lowest BCUT2D eigenvalue weighted by atomic mass is 10.0. The van der Waals surface area contributed by atoms with E-state index in [1.54, 1.807) is 0 Å². The SMILES string of the molecule is CCCCCCC/C=C\C/C=C\CCCCCCCCCCCCCCCC(=O)OCC(COC(=O)CCCCCCCCCCCCCCCC)OC(=O)CCCCCCCCCCCCCCCCC. The number of carbonyl (C=O) groups excluding carboxylic acids is 3. The highest BCUT2D eigenvalue weighted by Crippen LogP contribution is 2.18. The van der Waals surface area contributed by atoms with Crippen LogP contribution in [0.25, 0.3) is 0 Å². The van der Waals surface area contributed by atoms with Gasteiger partial charge in [-0.15, -0.1) is 0 Å². The summed E-state index contributed by atoms with van der Waals surface area (Å²) < 4.78 is 16.9. The fraction of sp³-hybridized carbons (Fsp3) is 0.894. The standard InChI is InChI=1S/C66H124O6/c1-4-7-10-13-16-19-22-25-28-29-30-31-32-33-34-35-36-37-39-41-44-47-50-53-56-59-65(68)71-62-63(61-70-64(67)58-55-52-49-46-43-40-27-24-21-18-15-12-9-6-3)72-66(69)60-57-54-51-48-45-42-38-26-23-20-17-14-11-8-5-2/h22,25,29-30,63H,4-21,23-24,26-28,31-62H2,1-3H3/b25-22-,30-29-. The normalized spacial score (nSPS) is 12.1. The third kappa shape index (κ3) is 58.8. The maximum absolute atomic E-state index is 12.9. The summed E-state index contributed by atoms with van der Waals surface area (Å²) in [6, 6.07) is 0. The van der Waals surface area contributed by atoms with E-state index in [0.29, 0.717) is 19.3 Å². The van der Waals surface area contributed by atoms with Crippen molar-refractivity contribution in [2.45, 2.75) is 367 Å². The molecule has 6 nitrogen and oxygen atoms in total. The van der Waals surface area contributed by atoms with Crippen molar-refractivity contribution in [3.05, 3.63) is 24.3 Å². The van der Waals surface area contributed by atoms with Crippen molar-refractivity contribution in [2.75, 3.05) is 13.2 Å². The van der Waals surface area contributed by atoms with Crippen molar-refractivity contribution in [3.8, 4) is 0 Å². The van der Waals surface area contributed by atoms with Crippen LogP contribution in [0.5, 0.6) is 0 Å². The maximum Gasteiger partial charge on any atom is 0.306 e. The minimum absolute atomic E-state index is 0.0645. The second kappa shape index (κ2) is 61.4. The molecule has 0 amide bonds. The summed E-state index contributed by atoms with van der Waals surface area (Å²) in [6.07, 6.45) is 73.3. The van der Waals surface area contributed by atoms with Crippen LogP contribution >= 0.6 is 0 Å². The fourth-order valence-electron chi connectivity index (χ4n) is 9.83. The predicted octanol–water partition coefficient (Wildman–Crippen LogP) is 21.8. The van der Waals surface area contributed by atoms with Gasteiger partial charge in [-0.3, -0.25) is 14.4 Å². The van der Waals surface area contributed by atoms with Crippen LogP contribution in [-0.4, -0.2) is 37.2 Å². The molecule has 0 saturated heterocycles. The number of unbranched alkanes of at least 4 members (excludes halogenated alkanes) is 45. The molecule has 0 bridgehead atoms. The molecule has 0 N–H and O–H groups in total. The lowest BCUT2D eigenvalue weighted by Gasteiger charge is -2.18. The summed E-state index contributed by atoms with van der Waals surface area (Å²) in [6.45, 7) is 6.70. The van der Waals surface area contributed by atoms with E-state index in [1.165, 1.54) is 257 Å². The number of hydrogen-bond acceptors (Lipinski definition) is 6. The van der Waals surface area contributed by atoms with Gasteiger partial charge in [0.15, 0.2) is 6.10 Å². The number of esters is 3. The van der Waals surface area contributed by atoms with Crippen LogP contribution in [-0.2, 0) is 28.6 Å². The molecule has 0 heterocycles. The molecule has 6 heteroatoms. The molecule has 0 saturated carbocycles. The summed E-state index contributed by atoms with van der Waals surface area (Å²) in [5.74, 6) is -0.837.